The van der Waals surface area contributed by atoms with Crippen molar-refractivity contribution in [3.8, 4) is 0 Å². The van der Waals surface area contributed by atoms with Crippen molar-refractivity contribution in [3.05, 3.63) is 64.5 Å². The lowest BCUT2D eigenvalue weighted by molar-refractivity contribution is 0.490. The lowest BCUT2D eigenvalue weighted by Gasteiger charge is -2.32. The number of rotatable bonds is 3. The summed E-state index contributed by atoms with van der Waals surface area (Å²) >= 11 is 0. The molecule has 2 N–H and O–H groups in total. The Morgan fingerprint density at radius 3 is 2.84 bits per heavy atom. The van der Waals surface area contributed by atoms with Crippen LogP contribution in [-0.4, -0.2) is 4.98 Å². The normalized spacial score (nSPS) is 18.6. The monoisotopic (exact) mass is 252 g/mol. The lowest BCUT2D eigenvalue weighted by Crippen LogP contribution is -2.23. The Morgan fingerprint density at radius 2 is 2.11 bits per heavy atom. The first-order chi connectivity index (χ1) is 9.15. The Kier molecular flexibility index (Phi) is 3.11. The largest absolute Gasteiger partial charge is 0.323 e. The predicted octanol–water partition coefficient (Wildman–Crippen LogP) is 3.43. The topological polar surface area (TPSA) is 38.9 Å². The van der Waals surface area contributed by atoms with E-state index in [1.807, 2.05) is 6.20 Å². The van der Waals surface area contributed by atoms with Crippen LogP contribution in [0.5, 0.6) is 0 Å². The number of nitrogens with two attached hydrogens (primary N) is 1. The highest BCUT2D eigenvalue weighted by atomic mass is 14.8. The second-order valence-corrected chi connectivity index (χ2v) is 5.66. The van der Waals surface area contributed by atoms with E-state index in [4.69, 9.17) is 5.73 Å². The molecule has 0 radical (unpaired) electrons. The van der Waals surface area contributed by atoms with E-state index >= 15 is 0 Å². The van der Waals surface area contributed by atoms with Gasteiger partial charge in [-0.25, -0.2) is 0 Å². The van der Waals surface area contributed by atoms with Crippen LogP contribution in [0.3, 0.4) is 0 Å². The van der Waals surface area contributed by atoms with Crippen molar-refractivity contribution in [2.24, 2.45) is 5.73 Å². The summed E-state index contributed by atoms with van der Waals surface area (Å²) in [7, 11) is 0. The van der Waals surface area contributed by atoms with Gasteiger partial charge in [0.15, 0.2) is 0 Å². The summed E-state index contributed by atoms with van der Waals surface area (Å²) < 4.78 is 0. The zero-order valence-corrected chi connectivity index (χ0v) is 11.6. The van der Waals surface area contributed by atoms with Crippen molar-refractivity contribution >= 4 is 0 Å². The van der Waals surface area contributed by atoms with Gasteiger partial charge in [0.05, 0.1) is 5.69 Å². The second-order valence-electron chi connectivity index (χ2n) is 5.66. The molecular weight excluding hydrogens is 232 g/mol. The Hall–Kier alpha value is -1.67. The van der Waals surface area contributed by atoms with Gasteiger partial charge in [-0.2, -0.15) is 0 Å². The quantitative estimate of drug-likeness (QED) is 0.909. The number of fused-ring (bicyclic) bond motifs is 1. The zero-order valence-electron chi connectivity index (χ0n) is 11.6. The Labute approximate surface area is 114 Å². The van der Waals surface area contributed by atoms with Crippen LogP contribution in [0.4, 0.5) is 0 Å². The summed E-state index contributed by atoms with van der Waals surface area (Å²) in [5.74, 6) is 0.605. The first-order valence-electron chi connectivity index (χ1n) is 6.91. The van der Waals surface area contributed by atoms with E-state index in [0.717, 1.165) is 18.5 Å². The SMILES string of the molecule is Cc1cnc(C(N)CC2Cc3ccccc32)c(C)c1. The summed E-state index contributed by atoms with van der Waals surface area (Å²) in [5, 5.41) is 0. The van der Waals surface area contributed by atoms with E-state index in [1.165, 1.54) is 22.3 Å². The molecule has 0 spiro atoms. The molecule has 98 valence electrons. The molecule has 3 rings (SSSR count). The molecule has 1 heterocycles. The fourth-order valence-corrected chi connectivity index (χ4v) is 3.11. The van der Waals surface area contributed by atoms with Crippen LogP contribution in [0.25, 0.3) is 0 Å². The Bertz CT molecular complexity index is 604. The van der Waals surface area contributed by atoms with Crippen LogP contribution in [0.15, 0.2) is 36.5 Å². The van der Waals surface area contributed by atoms with Crippen molar-refractivity contribution in [1.82, 2.24) is 4.98 Å². The van der Waals surface area contributed by atoms with E-state index in [2.05, 4.69) is 49.2 Å². The average molecular weight is 252 g/mol. The molecule has 19 heavy (non-hydrogen) atoms. The van der Waals surface area contributed by atoms with Crippen LogP contribution in [-0.2, 0) is 6.42 Å². The van der Waals surface area contributed by atoms with Crippen molar-refractivity contribution < 1.29 is 0 Å². The maximum absolute atomic E-state index is 6.35. The molecule has 0 aliphatic heterocycles. The number of pyridine rings is 1. The molecule has 1 aliphatic carbocycles. The number of benzene rings is 1. The molecule has 0 amide bonds. The summed E-state index contributed by atoms with van der Waals surface area (Å²) in [6.45, 7) is 4.17. The predicted molar refractivity (Wildman–Crippen MR) is 78.1 cm³/mol. The minimum absolute atomic E-state index is 0.0407. The summed E-state index contributed by atoms with van der Waals surface area (Å²) in [5.41, 5.74) is 12.8. The van der Waals surface area contributed by atoms with Gasteiger partial charge < -0.3 is 5.73 Å². The van der Waals surface area contributed by atoms with Crippen LogP contribution in [0.1, 0.15) is 46.3 Å². The van der Waals surface area contributed by atoms with E-state index < -0.39 is 0 Å². The molecule has 1 aromatic heterocycles. The molecule has 2 atom stereocenters. The van der Waals surface area contributed by atoms with Gasteiger partial charge in [-0.1, -0.05) is 30.3 Å². The van der Waals surface area contributed by atoms with Gasteiger partial charge in [-0.15, -0.1) is 0 Å². The fourth-order valence-electron chi connectivity index (χ4n) is 3.11. The number of aryl methyl sites for hydroxylation is 2. The fraction of sp³-hybridized carbons (Fsp3) is 0.353. The number of hydrogen-bond donors (Lipinski definition) is 1. The van der Waals surface area contributed by atoms with E-state index in [-0.39, 0.29) is 6.04 Å². The van der Waals surface area contributed by atoms with Crippen LogP contribution in [0, 0.1) is 13.8 Å². The molecule has 0 bridgehead atoms. The molecule has 0 saturated carbocycles. The molecule has 1 aliphatic rings. The third kappa shape index (κ3) is 2.28. The third-order valence-electron chi connectivity index (χ3n) is 4.11. The van der Waals surface area contributed by atoms with Gasteiger partial charge in [0.2, 0.25) is 0 Å². The third-order valence-corrected chi connectivity index (χ3v) is 4.11. The minimum atomic E-state index is 0.0407. The van der Waals surface area contributed by atoms with Gasteiger partial charge in [0, 0.05) is 12.2 Å². The molecule has 2 nitrogen and oxygen atoms in total. The van der Waals surface area contributed by atoms with E-state index in [0.29, 0.717) is 5.92 Å². The number of aromatic nitrogens is 1. The highest BCUT2D eigenvalue weighted by Gasteiger charge is 2.28. The zero-order chi connectivity index (χ0) is 13.4. The van der Waals surface area contributed by atoms with Crippen molar-refractivity contribution in [2.45, 2.75) is 38.6 Å². The van der Waals surface area contributed by atoms with Gasteiger partial charge >= 0.3 is 0 Å². The van der Waals surface area contributed by atoms with Crippen LogP contribution < -0.4 is 5.73 Å². The highest BCUT2D eigenvalue weighted by molar-refractivity contribution is 5.40. The first kappa shape index (κ1) is 12.4. The number of nitrogens with zero attached hydrogens (tertiary/aromatic N) is 1. The van der Waals surface area contributed by atoms with E-state index in [1.54, 1.807) is 0 Å². The Balaban J connectivity index is 1.75. The standard InChI is InChI=1S/C17H20N2/c1-11-7-12(2)17(19-10-11)16(18)9-14-8-13-5-3-4-6-15(13)14/h3-7,10,14,16H,8-9,18H2,1-2H3. The molecular formula is C17H20N2. The summed E-state index contributed by atoms with van der Waals surface area (Å²) in [6.07, 6.45) is 4.07. The van der Waals surface area contributed by atoms with Crippen molar-refractivity contribution in [3.63, 3.8) is 0 Å². The second kappa shape index (κ2) is 4.78. The lowest BCUT2D eigenvalue weighted by atomic mass is 9.74. The van der Waals surface area contributed by atoms with Crippen molar-refractivity contribution in [1.29, 1.82) is 0 Å². The van der Waals surface area contributed by atoms with Crippen molar-refractivity contribution in [2.75, 3.05) is 0 Å². The maximum Gasteiger partial charge on any atom is 0.0600 e. The smallest absolute Gasteiger partial charge is 0.0600 e. The van der Waals surface area contributed by atoms with Gasteiger partial charge in [0.1, 0.15) is 0 Å². The minimum Gasteiger partial charge on any atom is -0.323 e. The summed E-state index contributed by atoms with van der Waals surface area (Å²) in [6, 6.07) is 10.9. The molecule has 2 unspecified atom stereocenters. The summed E-state index contributed by atoms with van der Waals surface area (Å²) in [4.78, 5) is 4.52. The molecule has 2 heteroatoms. The van der Waals surface area contributed by atoms with Gasteiger partial charge in [-0.3, -0.25) is 4.98 Å². The molecule has 2 aromatic rings. The van der Waals surface area contributed by atoms with Crippen LogP contribution in [0.2, 0.25) is 0 Å². The van der Waals surface area contributed by atoms with Gasteiger partial charge in [-0.05, 0) is 54.9 Å². The Morgan fingerprint density at radius 1 is 1.32 bits per heavy atom. The maximum atomic E-state index is 6.35. The molecule has 0 fully saturated rings. The van der Waals surface area contributed by atoms with E-state index in [9.17, 15) is 0 Å². The first-order valence-corrected chi connectivity index (χ1v) is 6.91. The van der Waals surface area contributed by atoms with Gasteiger partial charge in [0.25, 0.3) is 0 Å². The molecule has 1 aromatic carbocycles. The molecule has 0 saturated heterocycles. The number of hydrogen-bond acceptors (Lipinski definition) is 2. The average Bonchev–Trinajstić information content (AvgIpc) is 2.35. The van der Waals surface area contributed by atoms with Crippen LogP contribution >= 0.6 is 0 Å². The highest BCUT2D eigenvalue weighted by Crippen LogP contribution is 2.40.